The molecule has 3 nitrogen and oxygen atoms in total. The Hall–Kier alpha value is -0.220. The van der Waals surface area contributed by atoms with Gasteiger partial charge in [-0.05, 0) is 12.3 Å². The van der Waals surface area contributed by atoms with E-state index >= 15 is 0 Å². The zero-order valence-corrected chi connectivity index (χ0v) is 10.8. The number of hydrogen-bond acceptors (Lipinski definition) is 4. The molecule has 1 heterocycles. The largest absolute Gasteiger partial charge is 0.468 e. The molecule has 0 bridgehead atoms. The second-order valence-corrected chi connectivity index (χ2v) is 5.96. The average molecular weight is 231 g/mol. The number of thioether (sulfide) groups is 1. The predicted molar refractivity (Wildman–Crippen MR) is 64.1 cm³/mol. The number of ether oxygens (including phenoxy) is 1. The highest BCUT2D eigenvalue weighted by molar-refractivity contribution is 8.00. The lowest BCUT2D eigenvalue weighted by atomic mass is 10.0. The Bertz CT molecular complexity index is 221. The Morgan fingerprint density at radius 2 is 2.20 bits per heavy atom. The van der Waals surface area contributed by atoms with Crippen molar-refractivity contribution in [3.8, 4) is 0 Å². The van der Waals surface area contributed by atoms with E-state index in [4.69, 9.17) is 4.74 Å². The van der Waals surface area contributed by atoms with Crippen LogP contribution in [0.25, 0.3) is 0 Å². The van der Waals surface area contributed by atoms with E-state index < -0.39 is 0 Å². The van der Waals surface area contributed by atoms with Crippen LogP contribution >= 0.6 is 11.8 Å². The van der Waals surface area contributed by atoms with Crippen molar-refractivity contribution in [2.75, 3.05) is 12.9 Å². The van der Waals surface area contributed by atoms with Crippen molar-refractivity contribution in [1.82, 2.24) is 5.32 Å². The highest BCUT2D eigenvalue weighted by Gasteiger charge is 2.29. The number of carbonyl (C=O) groups excluding carboxylic acids is 1. The molecule has 88 valence electrons. The van der Waals surface area contributed by atoms with Crippen molar-refractivity contribution in [2.24, 2.45) is 5.92 Å². The first-order chi connectivity index (χ1) is 7.04. The zero-order chi connectivity index (χ0) is 11.4. The summed E-state index contributed by atoms with van der Waals surface area (Å²) in [6, 6.07) is 0.294. The third-order valence-corrected chi connectivity index (χ3v) is 4.09. The molecule has 1 aliphatic heterocycles. The van der Waals surface area contributed by atoms with E-state index in [9.17, 15) is 4.79 Å². The van der Waals surface area contributed by atoms with E-state index in [0.717, 1.165) is 12.2 Å². The van der Waals surface area contributed by atoms with Crippen molar-refractivity contribution in [3.05, 3.63) is 0 Å². The van der Waals surface area contributed by atoms with E-state index in [1.54, 1.807) is 0 Å². The fourth-order valence-corrected chi connectivity index (χ4v) is 3.01. The quantitative estimate of drug-likeness (QED) is 0.747. The van der Waals surface area contributed by atoms with Crippen LogP contribution in [-0.2, 0) is 9.53 Å². The molecule has 0 aromatic rings. The highest BCUT2D eigenvalue weighted by atomic mass is 32.2. The molecule has 1 saturated heterocycles. The number of hydrogen-bond donors (Lipinski definition) is 1. The van der Waals surface area contributed by atoms with E-state index in [2.05, 4.69) is 12.2 Å². The molecular formula is C11H21NO2S. The van der Waals surface area contributed by atoms with Crippen LogP contribution in [0.2, 0.25) is 0 Å². The fourth-order valence-electron chi connectivity index (χ4n) is 1.85. The maximum Gasteiger partial charge on any atom is 0.323 e. The molecule has 1 fully saturated rings. The van der Waals surface area contributed by atoms with E-state index in [0.29, 0.717) is 11.3 Å². The number of rotatable bonds is 4. The lowest BCUT2D eigenvalue weighted by molar-refractivity contribution is -0.144. The van der Waals surface area contributed by atoms with Gasteiger partial charge in [-0.25, -0.2) is 0 Å². The van der Waals surface area contributed by atoms with E-state index in [1.807, 2.05) is 25.6 Å². The van der Waals surface area contributed by atoms with E-state index in [-0.39, 0.29) is 17.9 Å². The minimum Gasteiger partial charge on any atom is -0.468 e. The van der Waals surface area contributed by atoms with Crippen molar-refractivity contribution in [3.63, 3.8) is 0 Å². The third-order valence-electron chi connectivity index (χ3n) is 2.74. The van der Waals surface area contributed by atoms with Crippen LogP contribution in [0.15, 0.2) is 0 Å². The van der Waals surface area contributed by atoms with Crippen LogP contribution in [0.3, 0.4) is 0 Å². The van der Waals surface area contributed by atoms with Gasteiger partial charge in [-0.1, -0.05) is 20.8 Å². The number of nitrogens with one attached hydrogen (secondary N) is 1. The molecule has 0 aliphatic carbocycles. The zero-order valence-electron chi connectivity index (χ0n) is 9.95. The topological polar surface area (TPSA) is 38.3 Å². The minimum atomic E-state index is -0.161. The standard InChI is InChI=1S/C11H21NO2S/c1-7(2)10(11(13)14-4)12-9-5-8(3)15-6-9/h7-10,12H,5-6H2,1-4H3/t8?,9?,10-/m0/s1. The lowest BCUT2D eigenvalue weighted by Gasteiger charge is -2.23. The lowest BCUT2D eigenvalue weighted by Crippen LogP contribution is -2.47. The molecule has 0 saturated carbocycles. The van der Waals surface area contributed by atoms with Crippen LogP contribution in [0, 0.1) is 5.92 Å². The molecule has 3 atom stereocenters. The molecule has 0 aromatic carbocycles. The number of methoxy groups -OCH3 is 1. The summed E-state index contributed by atoms with van der Waals surface area (Å²) in [5.74, 6) is 1.23. The minimum absolute atomic E-state index is 0.144. The van der Waals surface area contributed by atoms with Gasteiger partial charge in [0.15, 0.2) is 0 Å². The van der Waals surface area contributed by atoms with Gasteiger partial charge in [0.1, 0.15) is 6.04 Å². The molecule has 1 rings (SSSR count). The second kappa shape index (κ2) is 5.75. The Labute approximate surface area is 96.3 Å². The molecular weight excluding hydrogens is 210 g/mol. The summed E-state index contributed by atoms with van der Waals surface area (Å²) < 4.78 is 4.80. The number of carbonyl (C=O) groups is 1. The Morgan fingerprint density at radius 3 is 2.60 bits per heavy atom. The van der Waals surface area contributed by atoms with Crippen molar-refractivity contribution < 1.29 is 9.53 Å². The monoisotopic (exact) mass is 231 g/mol. The van der Waals surface area contributed by atoms with Crippen LogP contribution in [0.5, 0.6) is 0 Å². The predicted octanol–water partition coefficient (Wildman–Crippen LogP) is 1.67. The van der Waals surface area contributed by atoms with Crippen molar-refractivity contribution in [1.29, 1.82) is 0 Å². The Morgan fingerprint density at radius 1 is 1.53 bits per heavy atom. The first-order valence-electron chi connectivity index (χ1n) is 5.50. The summed E-state index contributed by atoms with van der Waals surface area (Å²) in [5, 5.41) is 4.10. The second-order valence-electron chi connectivity index (χ2n) is 4.49. The Kier molecular flexibility index (Phi) is 4.93. The van der Waals surface area contributed by atoms with Gasteiger partial charge >= 0.3 is 5.97 Å². The molecule has 0 aromatic heterocycles. The Balaban J connectivity index is 2.48. The molecule has 1 aliphatic rings. The maximum atomic E-state index is 11.5. The molecule has 4 heteroatoms. The third kappa shape index (κ3) is 3.68. The first-order valence-corrected chi connectivity index (χ1v) is 6.55. The van der Waals surface area contributed by atoms with Crippen LogP contribution in [-0.4, -0.2) is 36.2 Å². The first kappa shape index (κ1) is 12.8. The van der Waals surface area contributed by atoms with Crippen LogP contribution in [0.4, 0.5) is 0 Å². The summed E-state index contributed by atoms with van der Waals surface area (Å²) in [6.07, 6.45) is 1.14. The van der Waals surface area contributed by atoms with Crippen molar-refractivity contribution >= 4 is 17.7 Å². The fraction of sp³-hybridized carbons (Fsp3) is 0.909. The molecule has 0 amide bonds. The molecule has 15 heavy (non-hydrogen) atoms. The smallest absolute Gasteiger partial charge is 0.323 e. The highest BCUT2D eigenvalue weighted by Crippen LogP contribution is 2.26. The maximum absolute atomic E-state index is 11.5. The molecule has 0 radical (unpaired) electrons. The molecule has 0 spiro atoms. The van der Waals surface area contributed by atoms with Gasteiger partial charge in [0.2, 0.25) is 0 Å². The molecule has 1 N–H and O–H groups in total. The van der Waals surface area contributed by atoms with Gasteiger partial charge in [-0.2, -0.15) is 11.8 Å². The van der Waals surface area contributed by atoms with Gasteiger partial charge < -0.3 is 10.1 Å². The average Bonchev–Trinajstić information content (AvgIpc) is 2.59. The van der Waals surface area contributed by atoms with Gasteiger partial charge in [0.25, 0.3) is 0 Å². The normalized spacial score (nSPS) is 28.1. The summed E-state index contributed by atoms with van der Waals surface area (Å²) >= 11 is 1.96. The summed E-state index contributed by atoms with van der Waals surface area (Å²) in [7, 11) is 1.45. The van der Waals surface area contributed by atoms with Crippen molar-refractivity contribution in [2.45, 2.75) is 44.5 Å². The van der Waals surface area contributed by atoms with Crippen LogP contribution < -0.4 is 5.32 Å². The van der Waals surface area contributed by atoms with Crippen LogP contribution in [0.1, 0.15) is 27.2 Å². The van der Waals surface area contributed by atoms with Gasteiger partial charge in [0.05, 0.1) is 7.11 Å². The van der Waals surface area contributed by atoms with E-state index in [1.165, 1.54) is 7.11 Å². The summed E-state index contributed by atoms with van der Waals surface area (Å²) in [5.41, 5.74) is 0. The van der Waals surface area contributed by atoms with Gasteiger partial charge in [-0.3, -0.25) is 4.79 Å². The summed E-state index contributed by atoms with van der Waals surface area (Å²) in [4.78, 5) is 11.5. The number of esters is 1. The van der Waals surface area contributed by atoms with Gasteiger partial charge in [-0.15, -0.1) is 0 Å². The SMILES string of the molecule is COC(=O)[C@@H](NC1CSC(C)C1)C(C)C. The summed E-state index contributed by atoms with van der Waals surface area (Å²) in [6.45, 7) is 6.31. The molecule has 2 unspecified atom stereocenters. The van der Waals surface area contributed by atoms with Gasteiger partial charge in [0, 0.05) is 17.0 Å².